The van der Waals surface area contributed by atoms with E-state index in [4.69, 9.17) is 16.3 Å². The van der Waals surface area contributed by atoms with Gasteiger partial charge in [0.25, 0.3) is 5.91 Å². The lowest BCUT2D eigenvalue weighted by Crippen LogP contribution is -2.41. The van der Waals surface area contributed by atoms with E-state index >= 15 is 0 Å². The molecule has 6 nitrogen and oxygen atoms in total. The molecule has 146 valence electrons. The minimum Gasteiger partial charge on any atom is -0.465 e. The third kappa shape index (κ3) is 4.51. The predicted octanol–water partition coefficient (Wildman–Crippen LogP) is 3.62. The zero-order chi connectivity index (χ0) is 20.1. The first kappa shape index (κ1) is 19.9. The fourth-order valence-electron chi connectivity index (χ4n) is 3.23. The van der Waals surface area contributed by atoms with Gasteiger partial charge in [-0.05, 0) is 49.2 Å². The van der Waals surface area contributed by atoms with Gasteiger partial charge in [-0.2, -0.15) is 0 Å². The van der Waals surface area contributed by atoms with Crippen LogP contribution in [0.2, 0.25) is 5.02 Å². The molecule has 1 aliphatic rings. The summed E-state index contributed by atoms with van der Waals surface area (Å²) in [7, 11) is 1.30. The molecule has 1 aliphatic heterocycles. The zero-order valence-electron chi connectivity index (χ0n) is 15.5. The van der Waals surface area contributed by atoms with Crippen LogP contribution in [0.3, 0.4) is 0 Å². The van der Waals surface area contributed by atoms with Crippen LogP contribution >= 0.6 is 11.6 Å². The molecule has 0 bridgehead atoms. The van der Waals surface area contributed by atoms with E-state index < -0.39 is 5.97 Å². The summed E-state index contributed by atoms with van der Waals surface area (Å²) in [4.78, 5) is 38.8. The van der Waals surface area contributed by atoms with E-state index in [1.807, 2.05) is 0 Å². The van der Waals surface area contributed by atoms with Gasteiger partial charge in [-0.15, -0.1) is 0 Å². The molecule has 1 fully saturated rings. The van der Waals surface area contributed by atoms with Crippen molar-refractivity contribution in [3.8, 4) is 0 Å². The topological polar surface area (TPSA) is 75.7 Å². The van der Waals surface area contributed by atoms with Crippen LogP contribution in [0.1, 0.15) is 33.6 Å². The molecule has 1 saturated heterocycles. The number of anilines is 1. The van der Waals surface area contributed by atoms with E-state index in [0.717, 1.165) is 0 Å². The van der Waals surface area contributed by atoms with Crippen molar-refractivity contribution in [2.24, 2.45) is 5.92 Å². The third-order valence-corrected chi connectivity index (χ3v) is 5.09. The standard InChI is InChI=1S/C21H21ClN2O4/c1-28-21(27)17-4-2-3-5-18(17)23-19(25)14-10-12-24(13-11-14)20(26)15-6-8-16(22)9-7-15/h2-9,14H,10-13H2,1H3,(H,23,25). The Morgan fingerprint density at radius 3 is 2.32 bits per heavy atom. The molecule has 0 atom stereocenters. The number of carbonyl (C=O) groups excluding carboxylic acids is 3. The Hall–Kier alpha value is -2.86. The van der Waals surface area contributed by atoms with Crippen molar-refractivity contribution in [3.63, 3.8) is 0 Å². The maximum Gasteiger partial charge on any atom is 0.339 e. The Kier molecular flexibility index (Phi) is 6.31. The molecule has 0 unspecified atom stereocenters. The normalized spacial score (nSPS) is 14.4. The van der Waals surface area contributed by atoms with Crippen molar-refractivity contribution < 1.29 is 19.1 Å². The Bertz CT molecular complexity index is 874. The highest BCUT2D eigenvalue weighted by molar-refractivity contribution is 6.30. The average molecular weight is 401 g/mol. The number of ether oxygens (including phenoxy) is 1. The number of hydrogen-bond acceptors (Lipinski definition) is 4. The summed E-state index contributed by atoms with van der Waals surface area (Å²) in [6, 6.07) is 13.5. The van der Waals surface area contributed by atoms with Crippen LogP contribution in [0.15, 0.2) is 48.5 Å². The van der Waals surface area contributed by atoms with Gasteiger partial charge in [0.15, 0.2) is 0 Å². The molecule has 2 aromatic rings. The van der Waals surface area contributed by atoms with Gasteiger partial charge in [0.05, 0.1) is 18.4 Å². The van der Waals surface area contributed by atoms with Crippen LogP contribution in [0.4, 0.5) is 5.69 Å². The molecule has 3 rings (SSSR count). The summed E-state index contributed by atoms with van der Waals surface area (Å²) in [5, 5.41) is 3.40. The number of benzene rings is 2. The molecule has 0 spiro atoms. The van der Waals surface area contributed by atoms with Crippen LogP contribution in [-0.4, -0.2) is 42.9 Å². The van der Waals surface area contributed by atoms with Crippen LogP contribution < -0.4 is 5.32 Å². The molecule has 2 aromatic carbocycles. The van der Waals surface area contributed by atoms with Gasteiger partial charge in [-0.25, -0.2) is 4.79 Å². The fourth-order valence-corrected chi connectivity index (χ4v) is 3.36. The van der Waals surface area contributed by atoms with E-state index in [2.05, 4.69) is 5.32 Å². The number of halogens is 1. The van der Waals surface area contributed by atoms with Crippen LogP contribution in [0.5, 0.6) is 0 Å². The number of para-hydroxylation sites is 1. The van der Waals surface area contributed by atoms with Crippen LogP contribution in [-0.2, 0) is 9.53 Å². The molecule has 28 heavy (non-hydrogen) atoms. The minimum absolute atomic E-state index is 0.0634. The van der Waals surface area contributed by atoms with E-state index in [-0.39, 0.29) is 17.7 Å². The summed E-state index contributed by atoms with van der Waals surface area (Å²) in [6.07, 6.45) is 1.12. The number of rotatable bonds is 4. The number of carbonyl (C=O) groups is 3. The van der Waals surface area contributed by atoms with Crippen molar-refractivity contribution in [2.45, 2.75) is 12.8 Å². The Morgan fingerprint density at radius 2 is 1.68 bits per heavy atom. The highest BCUT2D eigenvalue weighted by Gasteiger charge is 2.28. The van der Waals surface area contributed by atoms with Gasteiger partial charge >= 0.3 is 5.97 Å². The van der Waals surface area contributed by atoms with Crippen molar-refractivity contribution in [3.05, 3.63) is 64.7 Å². The predicted molar refractivity (Wildman–Crippen MR) is 106 cm³/mol. The lowest BCUT2D eigenvalue weighted by molar-refractivity contribution is -0.121. The van der Waals surface area contributed by atoms with Gasteiger partial charge in [-0.3, -0.25) is 9.59 Å². The molecular formula is C21H21ClN2O4. The largest absolute Gasteiger partial charge is 0.465 e. The lowest BCUT2D eigenvalue weighted by atomic mass is 9.95. The molecule has 0 saturated carbocycles. The summed E-state index contributed by atoms with van der Waals surface area (Å²) in [5.41, 5.74) is 1.33. The molecular weight excluding hydrogens is 380 g/mol. The Labute approximate surface area is 168 Å². The first-order valence-corrected chi connectivity index (χ1v) is 9.40. The fraction of sp³-hybridized carbons (Fsp3) is 0.286. The van der Waals surface area contributed by atoms with Gasteiger partial charge in [-0.1, -0.05) is 23.7 Å². The molecule has 7 heteroatoms. The van der Waals surface area contributed by atoms with Gasteiger partial charge in [0.1, 0.15) is 0 Å². The maximum absolute atomic E-state index is 12.6. The maximum atomic E-state index is 12.6. The smallest absolute Gasteiger partial charge is 0.339 e. The van der Waals surface area contributed by atoms with Crippen molar-refractivity contribution >= 4 is 35.1 Å². The van der Waals surface area contributed by atoms with Crippen molar-refractivity contribution in [1.82, 2.24) is 4.90 Å². The van der Waals surface area contributed by atoms with Crippen molar-refractivity contribution in [1.29, 1.82) is 0 Å². The second kappa shape index (κ2) is 8.89. The molecule has 0 aliphatic carbocycles. The number of hydrogen-bond donors (Lipinski definition) is 1. The van der Waals surface area contributed by atoms with E-state index in [1.165, 1.54) is 7.11 Å². The highest BCUT2D eigenvalue weighted by atomic mass is 35.5. The van der Waals surface area contributed by atoms with E-state index in [0.29, 0.717) is 47.8 Å². The van der Waals surface area contributed by atoms with Gasteiger partial charge < -0.3 is 15.0 Å². The number of methoxy groups -OCH3 is 1. The zero-order valence-corrected chi connectivity index (χ0v) is 16.2. The van der Waals surface area contributed by atoms with E-state index in [9.17, 15) is 14.4 Å². The summed E-state index contributed by atoms with van der Waals surface area (Å²) >= 11 is 5.86. The molecule has 0 radical (unpaired) electrons. The Balaban J connectivity index is 1.59. The SMILES string of the molecule is COC(=O)c1ccccc1NC(=O)C1CCN(C(=O)c2ccc(Cl)cc2)CC1. The highest BCUT2D eigenvalue weighted by Crippen LogP contribution is 2.23. The second-order valence-corrected chi connectivity index (χ2v) is 7.04. The summed E-state index contributed by atoms with van der Waals surface area (Å²) < 4.78 is 4.75. The second-order valence-electron chi connectivity index (χ2n) is 6.60. The monoisotopic (exact) mass is 400 g/mol. The Morgan fingerprint density at radius 1 is 1.04 bits per heavy atom. The van der Waals surface area contributed by atoms with Crippen LogP contribution in [0, 0.1) is 5.92 Å². The van der Waals surface area contributed by atoms with Crippen LogP contribution in [0.25, 0.3) is 0 Å². The first-order chi connectivity index (χ1) is 13.5. The molecule has 1 N–H and O–H groups in total. The number of nitrogens with one attached hydrogen (secondary N) is 1. The molecule has 0 aromatic heterocycles. The number of esters is 1. The lowest BCUT2D eigenvalue weighted by Gasteiger charge is -2.31. The molecule has 1 heterocycles. The number of likely N-dealkylation sites (tertiary alicyclic amines) is 1. The number of piperidine rings is 1. The quantitative estimate of drug-likeness (QED) is 0.795. The third-order valence-electron chi connectivity index (χ3n) is 4.83. The minimum atomic E-state index is -0.501. The number of amides is 2. The average Bonchev–Trinajstić information content (AvgIpc) is 2.73. The van der Waals surface area contributed by atoms with Gasteiger partial charge in [0.2, 0.25) is 5.91 Å². The first-order valence-electron chi connectivity index (χ1n) is 9.02. The molecule has 2 amide bonds. The van der Waals surface area contributed by atoms with E-state index in [1.54, 1.807) is 53.4 Å². The van der Waals surface area contributed by atoms with Crippen molar-refractivity contribution in [2.75, 3.05) is 25.5 Å². The summed E-state index contributed by atoms with van der Waals surface area (Å²) in [5.74, 6) is -0.944. The number of nitrogens with zero attached hydrogens (tertiary/aromatic N) is 1. The summed E-state index contributed by atoms with van der Waals surface area (Å²) in [6.45, 7) is 0.996. The van der Waals surface area contributed by atoms with Gasteiger partial charge in [0, 0.05) is 29.6 Å².